The molecular formula is C21H23N3O2. The van der Waals surface area contributed by atoms with Crippen LogP contribution in [0.15, 0.2) is 67.3 Å². The van der Waals surface area contributed by atoms with Crippen LogP contribution in [0.5, 0.6) is 5.75 Å². The molecule has 1 atom stereocenters. The number of rotatable bonds is 7. The average molecular weight is 349 g/mol. The molecule has 0 bridgehead atoms. The quantitative estimate of drug-likeness (QED) is 0.708. The highest BCUT2D eigenvalue weighted by atomic mass is 16.5. The van der Waals surface area contributed by atoms with Gasteiger partial charge >= 0.3 is 0 Å². The Morgan fingerprint density at radius 2 is 1.96 bits per heavy atom. The summed E-state index contributed by atoms with van der Waals surface area (Å²) >= 11 is 0. The fourth-order valence-electron chi connectivity index (χ4n) is 2.66. The SMILES string of the molecule is CCC(Oc1ccccc1C)C(=O)NCc1ccc(-n2ccnc2)cc1. The van der Waals surface area contributed by atoms with E-state index in [0.29, 0.717) is 13.0 Å². The predicted molar refractivity (Wildman–Crippen MR) is 101 cm³/mol. The number of nitrogens with zero attached hydrogens (tertiary/aromatic N) is 2. The van der Waals surface area contributed by atoms with E-state index in [2.05, 4.69) is 10.3 Å². The van der Waals surface area contributed by atoms with E-state index < -0.39 is 6.10 Å². The molecule has 1 aromatic heterocycles. The lowest BCUT2D eigenvalue weighted by Crippen LogP contribution is -2.37. The van der Waals surface area contributed by atoms with E-state index in [-0.39, 0.29) is 5.91 Å². The first-order chi connectivity index (χ1) is 12.7. The molecule has 0 fully saturated rings. The smallest absolute Gasteiger partial charge is 0.261 e. The van der Waals surface area contributed by atoms with Crippen LogP contribution in [-0.2, 0) is 11.3 Å². The zero-order valence-electron chi connectivity index (χ0n) is 15.1. The molecule has 0 aliphatic carbocycles. The van der Waals surface area contributed by atoms with Gasteiger partial charge in [-0.1, -0.05) is 37.3 Å². The third kappa shape index (κ3) is 4.30. The van der Waals surface area contributed by atoms with Crippen molar-refractivity contribution in [1.29, 1.82) is 0 Å². The summed E-state index contributed by atoms with van der Waals surface area (Å²) in [6.45, 7) is 4.39. The van der Waals surface area contributed by atoms with Crippen LogP contribution in [0.2, 0.25) is 0 Å². The van der Waals surface area contributed by atoms with E-state index in [9.17, 15) is 4.79 Å². The van der Waals surface area contributed by atoms with Crippen molar-refractivity contribution in [2.75, 3.05) is 0 Å². The number of carbonyl (C=O) groups is 1. The Bertz CT molecular complexity index is 842. The summed E-state index contributed by atoms with van der Waals surface area (Å²) in [6, 6.07) is 15.7. The molecular weight excluding hydrogens is 326 g/mol. The van der Waals surface area contributed by atoms with Gasteiger partial charge < -0.3 is 14.6 Å². The number of nitrogens with one attached hydrogen (secondary N) is 1. The van der Waals surface area contributed by atoms with Crippen molar-refractivity contribution in [3.63, 3.8) is 0 Å². The topological polar surface area (TPSA) is 56.1 Å². The number of benzene rings is 2. The molecule has 2 aromatic carbocycles. The Morgan fingerprint density at radius 3 is 2.62 bits per heavy atom. The normalized spacial score (nSPS) is 11.8. The molecule has 0 aliphatic heterocycles. The second-order valence-corrected chi connectivity index (χ2v) is 6.13. The molecule has 0 spiro atoms. The van der Waals surface area contributed by atoms with Crippen molar-refractivity contribution in [1.82, 2.24) is 14.9 Å². The molecule has 1 heterocycles. The van der Waals surface area contributed by atoms with Crippen LogP contribution in [-0.4, -0.2) is 21.6 Å². The molecule has 0 aliphatic rings. The van der Waals surface area contributed by atoms with Crippen LogP contribution in [0.25, 0.3) is 5.69 Å². The third-order valence-electron chi connectivity index (χ3n) is 4.23. The number of imidazole rings is 1. The van der Waals surface area contributed by atoms with Gasteiger partial charge in [-0.3, -0.25) is 4.79 Å². The first-order valence-corrected chi connectivity index (χ1v) is 8.74. The lowest BCUT2D eigenvalue weighted by molar-refractivity contribution is -0.128. The van der Waals surface area contributed by atoms with E-state index in [1.807, 2.05) is 73.1 Å². The highest BCUT2D eigenvalue weighted by molar-refractivity contribution is 5.81. The molecule has 0 saturated heterocycles. The highest BCUT2D eigenvalue weighted by Gasteiger charge is 2.18. The summed E-state index contributed by atoms with van der Waals surface area (Å²) in [5.74, 6) is 0.647. The van der Waals surface area contributed by atoms with Crippen molar-refractivity contribution in [2.45, 2.75) is 32.9 Å². The van der Waals surface area contributed by atoms with Gasteiger partial charge in [-0.05, 0) is 42.7 Å². The second kappa shape index (κ2) is 8.34. The fourth-order valence-corrected chi connectivity index (χ4v) is 2.66. The van der Waals surface area contributed by atoms with Crippen molar-refractivity contribution in [3.05, 3.63) is 78.4 Å². The van der Waals surface area contributed by atoms with E-state index >= 15 is 0 Å². The van der Waals surface area contributed by atoms with Gasteiger partial charge in [-0.25, -0.2) is 4.98 Å². The number of amides is 1. The van der Waals surface area contributed by atoms with Crippen LogP contribution in [0.4, 0.5) is 0 Å². The lowest BCUT2D eigenvalue weighted by atomic mass is 10.2. The third-order valence-corrected chi connectivity index (χ3v) is 4.23. The summed E-state index contributed by atoms with van der Waals surface area (Å²) in [4.78, 5) is 16.5. The summed E-state index contributed by atoms with van der Waals surface area (Å²) < 4.78 is 7.83. The molecule has 5 heteroatoms. The number of carbonyl (C=O) groups excluding carboxylic acids is 1. The van der Waals surface area contributed by atoms with Crippen LogP contribution >= 0.6 is 0 Å². The van der Waals surface area contributed by atoms with Crippen LogP contribution in [0, 0.1) is 6.92 Å². The van der Waals surface area contributed by atoms with Crippen LogP contribution in [0.1, 0.15) is 24.5 Å². The average Bonchev–Trinajstić information content (AvgIpc) is 3.20. The summed E-state index contributed by atoms with van der Waals surface area (Å²) in [5.41, 5.74) is 3.09. The van der Waals surface area contributed by atoms with Gasteiger partial charge in [-0.15, -0.1) is 0 Å². The van der Waals surface area contributed by atoms with E-state index in [4.69, 9.17) is 4.74 Å². The molecule has 1 unspecified atom stereocenters. The monoisotopic (exact) mass is 349 g/mol. The number of para-hydroxylation sites is 1. The maximum Gasteiger partial charge on any atom is 0.261 e. The first-order valence-electron chi connectivity index (χ1n) is 8.74. The van der Waals surface area contributed by atoms with Gasteiger partial charge in [0, 0.05) is 24.6 Å². The standard InChI is InChI=1S/C21H23N3O2/c1-3-19(26-20-7-5-4-6-16(20)2)21(25)23-14-17-8-10-18(11-9-17)24-13-12-22-15-24/h4-13,15,19H,3,14H2,1-2H3,(H,23,25). The van der Waals surface area contributed by atoms with Crippen molar-refractivity contribution >= 4 is 5.91 Å². The van der Waals surface area contributed by atoms with E-state index in [1.54, 1.807) is 12.5 Å². The number of hydrogen-bond donors (Lipinski definition) is 1. The first kappa shape index (κ1) is 17.7. The van der Waals surface area contributed by atoms with Gasteiger partial charge in [0.2, 0.25) is 0 Å². The number of hydrogen-bond acceptors (Lipinski definition) is 3. The van der Waals surface area contributed by atoms with Crippen molar-refractivity contribution < 1.29 is 9.53 Å². The van der Waals surface area contributed by atoms with Crippen molar-refractivity contribution in [3.8, 4) is 11.4 Å². The maximum atomic E-state index is 12.5. The minimum Gasteiger partial charge on any atom is -0.480 e. The van der Waals surface area contributed by atoms with Gasteiger partial charge in [0.15, 0.2) is 6.10 Å². The van der Waals surface area contributed by atoms with Gasteiger partial charge in [0.1, 0.15) is 5.75 Å². The molecule has 134 valence electrons. The highest BCUT2D eigenvalue weighted by Crippen LogP contribution is 2.19. The minimum absolute atomic E-state index is 0.102. The summed E-state index contributed by atoms with van der Waals surface area (Å²) in [6.07, 6.45) is 5.51. The van der Waals surface area contributed by atoms with Crippen molar-refractivity contribution in [2.24, 2.45) is 0 Å². The molecule has 1 amide bonds. The molecule has 0 saturated carbocycles. The van der Waals surface area contributed by atoms with Gasteiger partial charge in [0.05, 0.1) is 6.33 Å². The largest absolute Gasteiger partial charge is 0.480 e. The Balaban J connectivity index is 1.57. The Hall–Kier alpha value is -3.08. The zero-order valence-corrected chi connectivity index (χ0v) is 15.1. The summed E-state index contributed by atoms with van der Waals surface area (Å²) in [7, 11) is 0. The number of ether oxygens (including phenoxy) is 1. The molecule has 1 N–H and O–H groups in total. The van der Waals surface area contributed by atoms with E-state index in [1.165, 1.54) is 0 Å². The maximum absolute atomic E-state index is 12.5. The Labute approximate surface area is 153 Å². The van der Waals surface area contributed by atoms with Gasteiger partial charge in [-0.2, -0.15) is 0 Å². The van der Waals surface area contributed by atoms with Gasteiger partial charge in [0.25, 0.3) is 5.91 Å². The Morgan fingerprint density at radius 1 is 1.19 bits per heavy atom. The molecule has 3 aromatic rings. The number of aromatic nitrogens is 2. The molecule has 0 radical (unpaired) electrons. The molecule has 26 heavy (non-hydrogen) atoms. The fraction of sp³-hybridized carbons (Fsp3) is 0.238. The minimum atomic E-state index is -0.499. The van der Waals surface area contributed by atoms with Crippen LogP contribution < -0.4 is 10.1 Å². The second-order valence-electron chi connectivity index (χ2n) is 6.13. The molecule has 5 nitrogen and oxygen atoms in total. The van der Waals surface area contributed by atoms with Crippen LogP contribution in [0.3, 0.4) is 0 Å². The zero-order chi connectivity index (χ0) is 18.4. The molecule has 3 rings (SSSR count). The predicted octanol–water partition coefficient (Wildman–Crippen LogP) is 3.65. The number of aryl methyl sites for hydroxylation is 1. The summed E-state index contributed by atoms with van der Waals surface area (Å²) in [5, 5.41) is 2.96. The lowest BCUT2D eigenvalue weighted by Gasteiger charge is -2.18. The van der Waals surface area contributed by atoms with E-state index in [0.717, 1.165) is 22.6 Å². The Kier molecular flexibility index (Phi) is 5.69.